The van der Waals surface area contributed by atoms with E-state index in [4.69, 9.17) is 13.9 Å². The van der Waals surface area contributed by atoms with Gasteiger partial charge in [0, 0.05) is 12.5 Å². The van der Waals surface area contributed by atoms with Gasteiger partial charge < -0.3 is 18.7 Å². The van der Waals surface area contributed by atoms with Gasteiger partial charge >= 0.3 is 0 Å². The van der Waals surface area contributed by atoms with E-state index in [1.165, 1.54) is 0 Å². The second-order valence-corrected chi connectivity index (χ2v) is 13.9. The third-order valence-electron chi connectivity index (χ3n) is 6.70. The molecule has 0 N–H and O–H groups in total. The molecule has 0 bridgehead atoms. The molecule has 2 saturated carbocycles. The molecule has 0 radical (unpaired) electrons. The number of carbonyl (C=O) groups excluding carboxylic acids is 1. The van der Waals surface area contributed by atoms with Gasteiger partial charge in [-0.3, -0.25) is 0 Å². The van der Waals surface area contributed by atoms with Crippen molar-refractivity contribution in [3.05, 3.63) is 0 Å². The van der Waals surface area contributed by atoms with E-state index in [1.54, 1.807) is 0 Å². The van der Waals surface area contributed by atoms with E-state index < -0.39 is 14.1 Å². The fourth-order valence-corrected chi connectivity index (χ4v) is 5.87. The quantitative estimate of drug-likeness (QED) is 0.580. The number of carbonyl (C=O) groups is 1. The van der Waals surface area contributed by atoms with Crippen molar-refractivity contribution in [2.24, 2.45) is 17.8 Å². The summed E-state index contributed by atoms with van der Waals surface area (Å²) in [6.07, 6.45) is 5.45. The Bertz CT molecular complexity index is 450. The lowest BCUT2D eigenvalue weighted by atomic mass is 9.77. The van der Waals surface area contributed by atoms with E-state index in [2.05, 4.69) is 33.9 Å². The minimum Gasteiger partial charge on any atom is -0.414 e. The standard InChI is InChI=1S/C18H32O4Si/c1-17(2,3)23(4,5)22-14-6-7-15-13(10-14)11-18(16(15)12-19)20-8-9-21-18/h12-16H,6-11H2,1-5H3/t13-,14+,15-,16+/m1/s1. The van der Waals surface area contributed by atoms with Gasteiger partial charge in [0.2, 0.25) is 0 Å². The van der Waals surface area contributed by atoms with Crippen LogP contribution in [0.3, 0.4) is 0 Å². The molecule has 0 aromatic rings. The Morgan fingerprint density at radius 2 is 1.83 bits per heavy atom. The molecule has 4 nitrogen and oxygen atoms in total. The van der Waals surface area contributed by atoms with Gasteiger partial charge in [-0.1, -0.05) is 20.8 Å². The zero-order valence-corrected chi connectivity index (χ0v) is 16.3. The van der Waals surface area contributed by atoms with E-state index in [1.807, 2.05) is 0 Å². The summed E-state index contributed by atoms with van der Waals surface area (Å²) in [5.74, 6) is 0.184. The van der Waals surface area contributed by atoms with Crippen molar-refractivity contribution in [2.75, 3.05) is 13.2 Å². The maximum atomic E-state index is 11.7. The largest absolute Gasteiger partial charge is 0.414 e. The van der Waals surface area contributed by atoms with Gasteiger partial charge in [-0.25, -0.2) is 0 Å². The monoisotopic (exact) mass is 340 g/mol. The molecule has 0 unspecified atom stereocenters. The summed E-state index contributed by atoms with van der Waals surface area (Å²) in [5, 5.41) is 0.240. The van der Waals surface area contributed by atoms with Gasteiger partial charge in [0.05, 0.1) is 19.1 Å². The number of aldehydes is 1. The predicted molar refractivity (Wildman–Crippen MR) is 91.7 cm³/mol. The Morgan fingerprint density at radius 3 is 2.39 bits per heavy atom. The lowest BCUT2D eigenvalue weighted by Gasteiger charge is -2.42. The molecule has 3 rings (SSSR count). The first-order valence-corrected chi connectivity index (χ1v) is 12.0. The summed E-state index contributed by atoms with van der Waals surface area (Å²) in [5.41, 5.74) is 0. The minimum absolute atomic E-state index is 0.0937. The van der Waals surface area contributed by atoms with Gasteiger partial charge in [-0.05, 0) is 49.2 Å². The van der Waals surface area contributed by atoms with Crippen LogP contribution >= 0.6 is 0 Å². The molecule has 1 saturated heterocycles. The molecule has 0 aromatic heterocycles. The van der Waals surface area contributed by atoms with Gasteiger partial charge in [0.25, 0.3) is 0 Å². The summed E-state index contributed by atoms with van der Waals surface area (Å²) in [7, 11) is -1.73. The Kier molecular flexibility index (Phi) is 4.54. The highest BCUT2D eigenvalue weighted by molar-refractivity contribution is 6.74. The minimum atomic E-state index is -1.73. The Hall–Kier alpha value is -0.233. The van der Waals surface area contributed by atoms with E-state index in [0.29, 0.717) is 31.2 Å². The van der Waals surface area contributed by atoms with Gasteiger partial charge in [-0.2, -0.15) is 0 Å². The Labute approximate surface area is 141 Å². The first-order chi connectivity index (χ1) is 10.7. The van der Waals surface area contributed by atoms with E-state index >= 15 is 0 Å². The first-order valence-electron chi connectivity index (χ1n) is 9.09. The summed E-state index contributed by atoms with van der Waals surface area (Å²) in [6, 6.07) is 0. The predicted octanol–water partition coefficient (Wildman–Crippen LogP) is 3.76. The van der Waals surface area contributed by atoms with Crippen molar-refractivity contribution < 1.29 is 18.7 Å². The second-order valence-electron chi connectivity index (χ2n) is 9.11. The van der Waals surface area contributed by atoms with Crippen molar-refractivity contribution in [3.8, 4) is 0 Å². The van der Waals surface area contributed by atoms with Crippen LogP contribution in [0.25, 0.3) is 0 Å². The van der Waals surface area contributed by atoms with Crippen molar-refractivity contribution in [1.82, 2.24) is 0 Å². The highest BCUT2D eigenvalue weighted by Crippen LogP contribution is 2.54. The maximum Gasteiger partial charge on any atom is 0.192 e. The van der Waals surface area contributed by atoms with Crippen LogP contribution in [0.1, 0.15) is 46.5 Å². The van der Waals surface area contributed by atoms with E-state index in [-0.39, 0.29) is 11.0 Å². The number of rotatable bonds is 3. The summed E-state index contributed by atoms with van der Waals surface area (Å²) in [6.45, 7) is 12.8. The molecule has 1 spiro atoms. The third-order valence-corrected chi connectivity index (χ3v) is 11.2. The summed E-state index contributed by atoms with van der Waals surface area (Å²) >= 11 is 0. The van der Waals surface area contributed by atoms with Crippen LogP contribution in [0.5, 0.6) is 0 Å². The first kappa shape index (κ1) is 17.6. The molecule has 1 aliphatic heterocycles. The van der Waals surface area contributed by atoms with Crippen LogP contribution in [0, 0.1) is 17.8 Å². The Balaban J connectivity index is 1.69. The SMILES string of the molecule is CC(C)(C)[Si](C)(C)O[C@H]1CC[C@@H]2[C@H](C1)CC1(OCCO1)[C@H]2C=O. The molecular weight excluding hydrogens is 308 g/mol. The highest BCUT2D eigenvalue weighted by atomic mass is 28.4. The van der Waals surface area contributed by atoms with Crippen LogP contribution in [0.2, 0.25) is 18.1 Å². The topological polar surface area (TPSA) is 44.8 Å². The normalized spacial score (nSPS) is 37.1. The fourth-order valence-electron chi connectivity index (χ4n) is 4.47. The lowest BCUT2D eigenvalue weighted by molar-refractivity contribution is -0.184. The van der Waals surface area contributed by atoms with Gasteiger partial charge in [-0.15, -0.1) is 0 Å². The third kappa shape index (κ3) is 3.05. The summed E-state index contributed by atoms with van der Waals surface area (Å²) in [4.78, 5) is 11.7. The van der Waals surface area contributed by atoms with Crippen LogP contribution in [0.4, 0.5) is 0 Å². The average Bonchev–Trinajstić information content (AvgIpc) is 3.01. The molecule has 2 aliphatic carbocycles. The number of hydrogen-bond donors (Lipinski definition) is 0. The van der Waals surface area contributed by atoms with Gasteiger partial charge in [0.1, 0.15) is 6.29 Å². The van der Waals surface area contributed by atoms with E-state index in [0.717, 1.165) is 32.0 Å². The Morgan fingerprint density at radius 1 is 1.17 bits per heavy atom. The molecule has 0 aromatic carbocycles. The number of ether oxygens (including phenoxy) is 2. The second kappa shape index (κ2) is 5.94. The average molecular weight is 341 g/mol. The smallest absolute Gasteiger partial charge is 0.192 e. The van der Waals surface area contributed by atoms with Crippen molar-refractivity contribution in [2.45, 2.75) is 76.5 Å². The molecular formula is C18H32O4Si. The summed E-state index contributed by atoms with van der Waals surface area (Å²) < 4.78 is 18.4. The molecule has 3 aliphatic rings. The number of fused-ring (bicyclic) bond motifs is 1. The molecule has 3 fully saturated rings. The zero-order valence-electron chi connectivity index (χ0n) is 15.3. The molecule has 1 heterocycles. The molecule has 4 atom stereocenters. The van der Waals surface area contributed by atoms with Crippen LogP contribution in [-0.4, -0.2) is 39.7 Å². The van der Waals surface area contributed by atoms with Crippen LogP contribution < -0.4 is 0 Å². The van der Waals surface area contributed by atoms with Crippen molar-refractivity contribution in [1.29, 1.82) is 0 Å². The zero-order chi connectivity index (χ0) is 16.9. The maximum absolute atomic E-state index is 11.7. The highest BCUT2D eigenvalue weighted by Gasteiger charge is 2.58. The van der Waals surface area contributed by atoms with Crippen LogP contribution in [-0.2, 0) is 18.7 Å². The van der Waals surface area contributed by atoms with Crippen molar-refractivity contribution in [3.63, 3.8) is 0 Å². The van der Waals surface area contributed by atoms with E-state index in [9.17, 15) is 4.79 Å². The molecule has 5 heteroatoms. The van der Waals surface area contributed by atoms with Gasteiger partial charge in [0.15, 0.2) is 14.1 Å². The fraction of sp³-hybridized carbons (Fsp3) is 0.944. The van der Waals surface area contributed by atoms with Crippen LogP contribution in [0.15, 0.2) is 0 Å². The molecule has 0 amide bonds. The lowest BCUT2D eigenvalue weighted by Crippen LogP contribution is -2.45. The molecule has 132 valence electrons. The van der Waals surface area contributed by atoms with Crippen molar-refractivity contribution >= 4 is 14.6 Å². The molecule has 23 heavy (non-hydrogen) atoms. The number of hydrogen-bond acceptors (Lipinski definition) is 4.